The molecule has 0 aromatic carbocycles. The van der Waals surface area contributed by atoms with Gasteiger partial charge in [-0.1, -0.05) is 6.08 Å². The van der Waals surface area contributed by atoms with Crippen molar-refractivity contribution in [1.82, 2.24) is 0 Å². The van der Waals surface area contributed by atoms with Crippen molar-refractivity contribution in [3.63, 3.8) is 0 Å². The molecule has 0 heterocycles. The van der Waals surface area contributed by atoms with Gasteiger partial charge in [0, 0.05) is 13.2 Å². The van der Waals surface area contributed by atoms with Crippen molar-refractivity contribution in [3.05, 3.63) is 12.7 Å². The summed E-state index contributed by atoms with van der Waals surface area (Å²) < 4.78 is 35.9. The molecule has 0 aromatic heterocycles. The van der Waals surface area contributed by atoms with E-state index in [0.717, 1.165) is 20.3 Å². The molecule has 0 unspecified atom stereocenters. The van der Waals surface area contributed by atoms with Gasteiger partial charge in [0.1, 0.15) is 0 Å². The molecule has 0 bridgehead atoms. The standard InChI is InChI=1S/C4H10O.C3H6.CH4O4S.Na/c1-3-5-4-2;1-3-2;1-5-6(2,3)4;/h3-4H2,1-2H3;3H,1H2,2H3;1H3,(H,2,3,4);/q;;;+1/p-1. The Hall–Kier alpha value is 0.570. The maximum atomic E-state index is 9.22. The van der Waals surface area contributed by atoms with E-state index >= 15 is 0 Å². The predicted molar refractivity (Wildman–Crippen MR) is 54.7 cm³/mol. The van der Waals surface area contributed by atoms with Gasteiger partial charge in [0.15, 0.2) is 0 Å². The van der Waals surface area contributed by atoms with Crippen LogP contribution in [0.1, 0.15) is 20.8 Å². The third-order valence-electron chi connectivity index (χ3n) is 0.612. The SMILES string of the molecule is C=CC.CCOCC.COS(=O)(=O)[O-].[Na+]. The average molecular weight is 250 g/mol. The molecule has 88 valence electrons. The van der Waals surface area contributed by atoms with Crippen molar-refractivity contribution in [3.8, 4) is 0 Å². The molecule has 15 heavy (non-hydrogen) atoms. The first-order chi connectivity index (χ1) is 6.39. The Morgan fingerprint density at radius 3 is 1.53 bits per heavy atom. The number of hydrogen-bond acceptors (Lipinski definition) is 5. The van der Waals surface area contributed by atoms with Crippen LogP contribution in [0.15, 0.2) is 12.7 Å². The summed E-state index contributed by atoms with van der Waals surface area (Å²) in [6.07, 6.45) is 1.75. The van der Waals surface area contributed by atoms with Crippen LogP contribution in [-0.2, 0) is 19.3 Å². The van der Waals surface area contributed by atoms with E-state index in [1.54, 1.807) is 6.08 Å². The van der Waals surface area contributed by atoms with Crippen molar-refractivity contribution in [2.75, 3.05) is 20.3 Å². The molecule has 5 nitrogen and oxygen atoms in total. The summed E-state index contributed by atoms with van der Waals surface area (Å²) in [7, 11) is -3.60. The van der Waals surface area contributed by atoms with Crippen LogP contribution >= 0.6 is 0 Å². The monoisotopic (exact) mass is 250 g/mol. The van der Waals surface area contributed by atoms with E-state index in [0.29, 0.717) is 0 Å². The zero-order valence-corrected chi connectivity index (χ0v) is 13.0. The van der Waals surface area contributed by atoms with Gasteiger partial charge in [-0.2, -0.15) is 0 Å². The van der Waals surface area contributed by atoms with E-state index in [4.69, 9.17) is 4.74 Å². The third kappa shape index (κ3) is 74.2. The van der Waals surface area contributed by atoms with Crippen LogP contribution in [0.4, 0.5) is 0 Å². The number of rotatable bonds is 3. The molecule has 7 heteroatoms. The largest absolute Gasteiger partial charge is 1.00 e. The Balaban J connectivity index is -0.0000000617. The minimum absolute atomic E-state index is 0. The summed E-state index contributed by atoms with van der Waals surface area (Å²) in [4.78, 5) is 0. The fraction of sp³-hybridized carbons (Fsp3) is 0.750. The van der Waals surface area contributed by atoms with E-state index in [9.17, 15) is 13.0 Å². The molecule has 0 aliphatic carbocycles. The molecule has 0 radical (unpaired) electrons. The Labute approximate surface area is 115 Å². The molecule has 0 fully saturated rings. The van der Waals surface area contributed by atoms with Crippen LogP contribution in [0.25, 0.3) is 0 Å². The van der Waals surface area contributed by atoms with E-state index < -0.39 is 10.4 Å². The Morgan fingerprint density at radius 1 is 1.33 bits per heavy atom. The smallest absolute Gasteiger partial charge is 0.726 e. The second-order valence-corrected chi connectivity index (χ2v) is 2.91. The number of ether oxygens (including phenoxy) is 1. The van der Waals surface area contributed by atoms with Crippen LogP contribution in [0, 0.1) is 0 Å². The molecule has 0 aliphatic heterocycles. The van der Waals surface area contributed by atoms with E-state index in [1.165, 1.54) is 0 Å². The van der Waals surface area contributed by atoms with Gasteiger partial charge in [-0.05, 0) is 20.8 Å². The molecule has 0 amide bonds. The van der Waals surface area contributed by atoms with Crippen LogP contribution < -0.4 is 29.6 Å². The third-order valence-corrected chi connectivity index (χ3v) is 1.02. The van der Waals surface area contributed by atoms with Gasteiger partial charge < -0.3 is 9.29 Å². The normalized spacial score (nSPS) is 8.33. The quantitative estimate of drug-likeness (QED) is 0.259. The Bertz CT molecular complexity index is 189. The summed E-state index contributed by atoms with van der Waals surface area (Å²) in [5, 5.41) is 0. The maximum Gasteiger partial charge on any atom is 1.00 e. The Kier molecular flexibility index (Phi) is 33.0. The molecule has 0 saturated heterocycles. The molecule has 0 atom stereocenters. The van der Waals surface area contributed by atoms with Gasteiger partial charge in [0.25, 0.3) is 0 Å². The molecular weight excluding hydrogens is 231 g/mol. The van der Waals surface area contributed by atoms with Gasteiger partial charge in [-0.25, -0.2) is 8.42 Å². The van der Waals surface area contributed by atoms with Crippen LogP contribution in [0.5, 0.6) is 0 Å². The minimum Gasteiger partial charge on any atom is -0.726 e. The summed E-state index contributed by atoms with van der Waals surface area (Å²) in [5.74, 6) is 0. The maximum absolute atomic E-state index is 9.22. The van der Waals surface area contributed by atoms with Crippen LogP contribution in [0.2, 0.25) is 0 Å². The number of allylic oxidation sites excluding steroid dienone is 1. The summed E-state index contributed by atoms with van der Waals surface area (Å²) in [5.41, 5.74) is 0. The van der Waals surface area contributed by atoms with E-state index in [1.807, 2.05) is 20.8 Å². The molecule has 0 saturated carbocycles. The average Bonchev–Trinajstić information content (AvgIpc) is 2.07. The second kappa shape index (κ2) is 20.0. The zero-order chi connectivity index (χ0) is 12.0. The van der Waals surface area contributed by atoms with Crippen molar-refractivity contribution in [2.24, 2.45) is 0 Å². The summed E-state index contributed by atoms with van der Waals surface area (Å²) in [6.45, 7) is 10.9. The Morgan fingerprint density at radius 2 is 1.53 bits per heavy atom. The van der Waals surface area contributed by atoms with Gasteiger partial charge in [0.05, 0.1) is 7.11 Å². The predicted octanol–water partition coefficient (Wildman–Crippen LogP) is -1.67. The minimum atomic E-state index is -4.41. The first-order valence-corrected chi connectivity index (χ1v) is 5.39. The van der Waals surface area contributed by atoms with Crippen molar-refractivity contribution in [2.45, 2.75) is 20.8 Å². The van der Waals surface area contributed by atoms with Gasteiger partial charge >= 0.3 is 29.6 Å². The van der Waals surface area contributed by atoms with Crippen molar-refractivity contribution >= 4 is 10.4 Å². The topological polar surface area (TPSA) is 75.7 Å². The molecule has 0 N–H and O–H groups in total. The molecule has 0 spiro atoms. The van der Waals surface area contributed by atoms with Crippen LogP contribution in [-0.4, -0.2) is 33.3 Å². The van der Waals surface area contributed by atoms with E-state index in [-0.39, 0.29) is 29.6 Å². The van der Waals surface area contributed by atoms with Crippen LogP contribution in [0.3, 0.4) is 0 Å². The zero-order valence-electron chi connectivity index (χ0n) is 10.1. The van der Waals surface area contributed by atoms with Gasteiger partial charge in [0.2, 0.25) is 10.4 Å². The first kappa shape index (κ1) is 24.7. The molecular formula is C8H19NaO5S. The van der Waals surface area contributed by atoms with E-state index in [2.05, 4.69) is 10.8 Å². The molecule has 0 aromatic rings. The fourth-order valence-electron chi connectivity index (χ4n) is 0.204. The second-order valence-electron chi connectivity index (χ2n) is 1.76. The van der Waals surface area contributed by atoms with Crippen molar-refractivity contribution in [1.29, 1.82) is 0 Å². The van der Waals surface area contributed by atoms with Gasteiger partial charge in [-0.15, -0.1) is 6.58 Å². The van der Waals surface area contributed by atoms with Crippen molar-refractivity contribution < 1.29 is 51.4 Å². The summed E-state index contributed by atoms with van der Waals surface area (Å²) >= 11 is 0. The summed E-state index contributed by atoms with van der Waals surface area (Å²) in [6, 6.07) is 0. The number of hydrogen-bond donors (Lipinski definition) is 0. The van der Waals surface area contributed by atoms with Gasteiger partial charge in [-0.3, -0.25) is 4.18 Å². The molecule has 0 rings (SSSR count). The first-order valence-electron chi connectivity index (χ1n) is 4.05. The molecule has 0 aliphatic rings. The fourth-order valence-corrected chi connectivity index (χ4v) is 0.204.